The highest BCUT2D eigenvalue weighted by molar-refractivity contribution is 5.88. The molecule has 1 saturated heterocycles. The molecular formula is C18H27FN6O5. The molecule has 11 nitrogen and oxygen atoms in total. The lowest BCUT2D eigenvalue weighted by Gasteiger charge is -2.24. The van der Waals surface area contributed by atoms with E-state index in [2.05, 4.69) is 25.6 Å². The second kappa shape index (κ2) is 9.06. The van der Waals surface area contributed by atoms with E-state index in [1.54, 1.807) is 7.05 Å². The van der Waals surface area contributed by atoms with Gasteiger partial charge in [0.05, 0.1) is 19.5 Å². The molecule has 30 heavy (non-hydrogen) atoms. The zero-order chi connectivity index (χ0) is 21.9. The highest BCUT2D eigenvalue weighted by atomic mass is 19.1. The first-order valence-corrected chi connectivity index (χ1v) is 9.82. The lowest BCUT2D eigenvalue weighted by Crippen LogP contribution is -2.40. The Kier molecular flexibility index (Phi) is 6.68. The first-order chi connectivity index (χ1) is 14.3. The SMILES string of the molecule is CCCCCOC(=O)Nc1nc(NC)c2ncn([C@@H]3O[C@H](CO)[C@@H](O)[C@@]3(C)F)c2n1. The number of halogens is 1. The summed E-state index contributed by atoms with van der Waals surface area (Å²) in [5.74, 6) is 0.241. The number of hydrogen-bond donors (Lipinski definition) is 4. The normalized spacial score (nSPS) is 26.1. The number of unbranched alkanes of at least 4 members (excludes halogenated alkanes) is 2. The maximum atomic E-state index is 15.2. The fraction of sp³-hybridized carbons (Fsp3) is 0.667. The Balaban J connectivity index is 1.89. The average molecular weight is 426 g/mol. The number of nitrogens with zero attached hydrogens (tertiary/aromatic N) is 4. The smallest absolute Gasteiger partial charge is 0.414 e. The third-order valence-corrected chi connectivity index (χ3v) is 5.00. The van der Waals surface area contributed by atoms with Gasteiger partial charge < -0.3 is 25.0 Å². The molecule has 3 rings (SSSR count). The molecule has 166 valence electrons. The summed E-state index contributed by atoms with van der Waals surface area (Å²) in [6.07, 6.45) is -0.617. The maximum Gasteiger partial charge on any atom is 0.414 e. The number of carbonyl (C=O) groups excluding carboxylic acids is 1. The zero-order valence-electron chi connectivity index (χ0n) is 17.1. The van der Waals surface area contributed by atoms with Gasteiger partial charge in [-0.05, 0) is 13.3 Å². The standard InChI is InChI=1S/C18H27FN6O5/c1-4-5-6-7-29-17(28)24-16-22-13(20-3)11-14(23-16)25(9-21-11)15-18(2,19)12(27)10(8-26)30-15/h9-10,12,15,26-27H,4-8H2,1-3H3,(H2,20,22,23,24,28)/t10-,12-,15-,18-/m1/s1. The first-order valence-electron chi connectivity index (χ1n) is 9.82. The molecule has 3 heterocycles. The molecule has 0 radical (unpaired) electrons. The molecular weight excluding hydrogens is 399 g/mol. The van der Waals surface area contributed by atoms with E-state index in [-0.39, 0.29) is 18.2 Å². The van der Waals surface area contributed by atoms with Gasteiger partial charge in [0.15, 0.2) is 28.9 Å². The number of hydrogen-bond acceptors (Lipinski definition) is 9. The van der Waals surface area contributed by atoms with Gasteiger partial charge in [0.2, 0.25) is 5.95 Å². The fourth-order valence-corrected chi connectivity index (χ4v) is 3.33. The number of aromatic nitrogens is 4. The lowest BCUT2D eigenvalue weighted by atomic mass is 9.98. The minimum Gasteiger partial charge on any atom is -0.449 e. The number of nitrogens with one attached hydrogen (secondary N) is 2. The van der Waals surface area contributed by atoms with Gasteiger partial charge in [-0.25, -0.2) is 14.2 Å². The van der Waals surface area contributed by atoms with Crippen molar-refractivity contribution in [2.45, 2.75) is 57.2 Å². The van der Waals surface area contributed by atoms with Crippen LogP contribution >= 0.6 is 0 Å². The number of anilines is 2. The van der Waals surface area contributed by atoms with E-state index < -0.39 is 36.8 Å². The Bertz CT molecular complexity index is 891. The molecule has 0 spiro atoms. The van der Waals surface area contributed by atoms with Crippen LogP contribution in [0.4, 0.5) is 21.0 Å². The largest absolute Gasteiger partial charge is 0.449 e. The summed E-state index contributed by atoms with van der Waals surface area (Å²) in [7, 11) is 1.62. The number of amides is 1. The highest BCUT2D eigenvalue weighted by Gasteiger charge is 2.55. The summed E-state index contributed by atoms with van der Waals surface area (Å²) in [6.45, 7) is 2.95. The first kappa shape index (κ1) is 22.1. The van der Waals surface area contributed by atoms with Crippen LogP contribution in [0.2, 0.25) is 0 Å². The van der Waals surface area contributed by atoms with Gasteiger partial charge in [-0.15, -0.1) is 0 Å². The summed E-state index contributed by atoms with van der Waals surface area (Å²) in [4.78, 5) is 24.7. The van der Waals surface area contributed by atoms with Crippen molar-refractivity contribution in [3.05, 3.63) is 6.33 Å². The Morgan fingerprint density at radius 2 is 2.20 bits per heavy atom. The summed E-state index contributed by atoms with van der Waals surface area (Å²) in [5.41, 5.74) is -1.71. The van der Waals surface area contributed by atoms with Crippen molar-refractivity contribution in [3.63, 3.8) is 0 Å². The molecule has 4 atom stereocenters. The van der Waals surface area contributed by atoms with Crippen LogP contribution in [0.25, 0.3) is 11.2 Å². The fourth-order valence-electron chi connectivity index (χ4n) is 3.33. The van der Waals surface area contributed by atoms with E-state index in [0.717, 1.165) is 19.3 Å². The molecule has 0 aliphatic carbocycles. The Labute approximate surface area is 172 Å². The quantitative estimate of drug-likeness (QED) is 0.463. The highest BCUT2D eigenvalue weighted by Crippen LogP contribution is 2.42. The third-order valence-electron chi connectivity index (χ3n) is 5.00. The molecule has 12 heteroatoms. The second-order valence-electron chi connectivity index (χ2n) is 7.24. The number of ether oxygens (including phenoxy) is 2. The Morgan fingerprint density at radius 3 is 2.83 bits per heavy atom. The predicted octanol–water partition coefficient (Wildman–Crippen LogP) is 1.59. The molecule has 1 aliphatic rings. The van der Waals surface area contributed by atoms with E-state index in [9.17, 15) is 15.0 Å². The van der Waals surface area contributed by atoms with Crippen LogP contribution in [0.1, 0.15) is 39.3 Å². The molecule has 1 amide bonds. The second-order valence-corrected chi connectivity index (χ2v) is 7.24. The van der Waals surface area contributed by atoms with Gasteiger partial charge in [-0.3, -0.25) is 9.88 Å². The zero-order valence-corrected chi connectivity index (χ0v) is 17.1. The van der Waals surface area contributed by atoms with Gasteiger partial charge in [-0.2, -0.15) is 9.97 Å². The summed E-state index contributed by atoms with van der Waals surface area (Å²) in [6, 6.07) is 0. The number of fused-ring (bicyclic) bond motifs is 1. The summed E-state index contributed by atoms with van der Waals surface area (Å²) in [5, 5.41) is 24.8. The van der Waals surface area contributed by atoms with Crippen molar-refractivity contribution in [2.75, 3.05) is 30.9 Å². The van der Waals surface area contributed by atoms with Crippen molar-refractivity contribution >= 4 is 29.0 Å². The van der Waals surface area contributed by atoms with Crippen molar-refractivity contribution in [1.29, 1.82) is 0 Å². The molecule has 1 fully saturated rings. The number of rotatable bonds is 8. The molecule has 2 aromatic heterocycles. The van der Waals surface area contributed by atoms with Crippen LogP contribution in [0.5, 0.6) is 0 Å². The Hall–Kier alpha value is -2.57. The van der Waals surface area contributed by atoms with Gasteiger partial charge in [0, 0.05) is 7.05 Å². The minimum absolute atomic E-state index is 0.0630. The summed E-state index contributed by atoms with van der Waals surface area (Å²) < 4.78 is 27.1. The minimum atomic E-state index is -2.21. The van der Waals surface area contributed by atoms with Crippen LogP contribution < -0.4 is 10.6 Å². The molecule has 1 aliphatic heterocycles. The molecule has 4 N–H and O–H groups in total. The number of aliphatic hydroxyl groups is 2. The molecule has 0 saturated carbocycles. The third kappa shape index (κ3) is 4.16. The van der Waals surface area contributed by atoms with Crippen LogP contribution in [0.15, 0.2) is 6.33 Å². The van der Waals surface area contributed by atoms with E-state index in [1.165, 1.54) is 17.8 Å². The van der Waals surface area contributed by atoms with E-state index >= 15 is 4.39 Å². The van der Waals surface area contributed by atoms with Crippen molar-refractivity contribution in [1.82, 2.24) is 19.5 Å². The van der Waals surface area contributed by atoms with Gasteiger partial charge in [-0.1, -0.05) is 19.8 Å². The predicted molar refractivity (Wildman–Crippen MR) is 106 cm³/mol. The lowest BCUT2D eigenvalue weighted by molar-refractivity contribution is -0.0566. The number of carbonyl (C=O) groups is 1. The van der Waals surface area contributed by atoms with E-state index in [1.807, 2.05) is 6.92 Å². The van der Waals surface area contributed by atoms with Crippen molar-refractivity contribution in [3.8, 4) is 0 Å². The molecule has 0 bridgehead atoms. The van der Waals surface area contributed by atoms with Gasteiger partial charge in [0.25, 0.3) is 0 Å². The number of alkyl halides is 1. The molecule has 2 aromatic rings. The van der Waals surface area contributed by atoms with Crippen LogP contribution in [0.3, 0.4) is 0 Å². The van der Waals surface area contributed by atoms with Gasteiger partial charge in [0.1, 0.15) is 12.2 Å². The van der Waals surface area contributed by atoms with Gasteiger partial charge >= 0.3 is 6.09 Å². The van der Waals surface area contributed by atoms with E-state index in [4.69, 9.17) is 9.47 Å². The average Bonchev–Trinajstić information content (AvgIpc) is 3.23. The topological polar surface area (TPSA) is 144 Å². The maximum absolute atomic E-state index is 15.2. The number of imidazole rings is 1. The van der Waals surface area contributed by atoms with Crippen molar-refractivity contribution in [2.24, 2.45) is 0 Å². The van der Waals surface area contributed by atoms with E-state index in [0.29, 0.717) is 11.3 Å². The van der Waals surface area contributed by atoms with Crippen molar-refractivity contribution < 1.29 is 28.9 Å². The monoisotopic (exact) mass is 426 g/mol. The summed E-state index contributed by atoms with van der Waals surface area (Å²) >= 11 is 0. The van der Waals surface area contributed by atoms with Crippen LogP contribution in [-0.2, 0) is 9.47 Å². The number of aliphatic hydroxyl groups excluding tert-OH is 2. The van der Waals surface area contributed by atoms with Crippen LogP contribution in [-0.4, -0.2) is 74.0 Å². The molecule has 0 aromatic carbocycles. The molecule has 0 unspecified atom stereocenters. The Morgan fingerprint density at radius 1 is 1.43 bits per heavy atom. The van der Waals surface area contributed by atoms with Crippen LogP contribution in [0, 0.1) is 0 Å².